The lowest BCUT2D eigenvalue weighted by Gasteiger charge is -2.25. The number of rotatable bonds is 10. The topological polar surface area (TPSA) is 12.0 Å². The summed E-state index contributed by atoms with van der Waals surface area (Å²) in [6.07, 6.45) is 13.0. The van der Waals surface area contributed by atoms with E-state index in [1.54, 1.807) is 0 Å². The van der Waals surface area contributed by atoms with Crippen molar-refractivity contribution >= 4 is 0 Å². The Hall–Kier alpha value is -1.76. The van der Waals surface area contributed by atoms with Crippen LogP contribution in [0.25, 0.3) is 0 Å². The molecule has 0 spiro atoms. The Morgan fingerprint density at radius 2 is 2.04 bits per heavy atom. The Balaban J connectivity index is 2.64. The van der Waals surface area contributed by atoms with E-state index < -0.39 is 0 Å². The molecule has 0 fully saturated rings. The minimum absolute atomic E-state index is 0.580. The van der Waals surface area contributed by atoms with E-state index in [1.165, 1.54) is 27.9 Å². The Morgan fingerprint density at radius 1 is 1.33 bits per heavy atom. The van der Waals surface area contributed by atoms with Gasteiger partial charge in [-0.15, -0.1) is 0 Å². The molecular weight excluding hydrogens is 290 g/mol. The van der Waals surface area contributed by atoms with Crippen molar-refractivity contribution in [1.82, 2.24) is 5.32 Å². The molecule has 0 bridgehead atoms. The van der Waals surface area contributed by atoms with E-state index in [4.69, 9.17) is 0 Å². The third-order valence-electron chi connectivity index (χ3n) is 4.70. The Labute approximate surface area is 149 Å². The molecule has 0 radical (unpaired) electrons. The van der Waals surface area contributed by atoms with Crippen LogP contribution in [-0.2, 0) is 0 Å². The summed E-state index contributed by atoms with van der Waals surface area (Å²) in [5, 5.41) is 3.21. The van der Waals surface area contributed by atoms with E-state index in [-0.39, 0.29) is 0 Å². The summed E-state index contributed by atoms with van der Waals surface area (Å²) in [6.45, 7) is 21.4. The minimum atomic E-state index is 0.580. The molecule has 0 amide bonds. The van der Waals surface area contributed by atoms with Gasteiger partial charge < -0.3 is 5.32 Å². The maximum absolute atomic E-state index is 4.33. The molecule has 0 aromatic heterocycles. The van der Waals surface area contributed by atoms with Crippen LogP contribution in [0.3, 0.4) is 0 Å². The molecule has 1 N–H and O–H groups in total. The van der Waals surface area contributed by atoms with E-state index in [0.29, 0.717) is 5.92 Å². The lowest BCUT2D eigenvalue weighted by Crippen LogP contribution is -2.09. The molecular formula is C23H35N. The van der Waals surface area contributed by atoms with Crippen LogP contribution in [0.5, 0.6) is 0 Å². The van der Waals surface area contributed by atoms with Gasteiger partial charge in [-0.2, -0.15) is 0 Å². The second-order valence-corrected chi connectivity index (χ2v) is 6.89. The first-order valence-corrected chi connectivity index (χ1v) is 9.27. The molecule has 0 heterocycles. The van der Waals surface area contributed by atoms with Crippen molar-refractivity contribution in [2.75, 3.05) is 0 Å². The molecule has 1 unspecified atom stereocenters. The van der Waals surface area contributed by atoms with E-state index in [9.17, 15) is 0 Å². The molecule has 0 saturated carbocycles. The Morgan fingerprint density at radius 3 is 2.62 bits per heavy atom. The predicted octanol–water partition coefficient (Wildman–Crippen LogP) is 6.99. The zero-order chi connectivity index (χ0) is 18.1. The summed E-state index contributed by atoms with van der Waals surface area (Å²) in [6, 6.07) is 0. The van der Waals surface area contributed by atoms with Gasteiger partial charge >= 0.3 is 0 Å². The van der Waals surface area contributed by atoms with Crippen molar-refractivity contribution in [1.29, 1.82) is 0 Å². The largest absolute Gasteiger partial charge is 0.366 e. The van der Waals surface area contributed by atoms with Gasteiger partial charge in [-0.25, -0.2) is 0 Å². The van der Waals surface area contributed by atoms with Gasteiger partial charge in [0.15, 0.2) is 0 Å². The van der Waals surface area contributed by atoms with Crippen LogP contribution < -0.4 is 5.32 Å². The highest BCUT2D eigenvalue weighted by Crippen LogP contribution is 2.37. The molecule has 1 aliphatic rings. The van der Waals surface area contributed by atoms with Crippen molar-refractivity contribution in [3.05, 3.63) is 71.7 Å². The van der Waals surface area contributed by atoms with Crippen LogP contribution in [-0.4, -0.2) is 0 Å². The van der Waals surface area contributed by atoms with E-state index >= 15 is 0 Å². The molecule has 1 rings (SSSR count). The van der Waals surface area contributed by atoms with E-state index in [0.717, 1.165) is 44.2 Å². The van der Waals surface area contributed by atoms with Crippen LogP contribution in [0.4, 0.5) is 0 Å². The standard InChI is InChI=1S/C23H35N/c1-8-12-18(4)23-19(5)15-22(16-20(23)6)17(3)13-10-11-14-24-21(7)9-2/h11,14,16-17,24H,4-5,7-10,12-13,15H2,1-3,6H3/b14-11+. The fraction of sp³-hybridized carbons (Fsp3) is 0.478. The zero-order valence-corrected chi connectivity index (χ0v) is 16.2. The first kappa shape index (κ1) is 20.3. The van der Waals surface area contributed by atoms with Gasteiger partial charge in [-0.05, 0) is 73.4 Å². The first-order valence-electron chi connectivity index (χ1n) is 9.27. The molecule has 132 valence electrons. The van der Waals surface area contributed by atoms with Gasteiger partial charge in [0.2, 0.25) is 0 Å². The van der Waals surface area contributed by atoms with Crippen LogP contribution >= 0.6 is 0 Å². The lowest BCUT2D eigenvalue weighted by atomic mass is 9.80. The van der Waals surface area contributed by atoms with Crippen LogP contribution in [0, 0.1) is 5.92 Å². The maximum Gasteiger partial charge on any atom is 0.00705 e. The highest BCUT2D eigenvalue weighted by atomic mass is 14.8. The summed E-state index contributed by atoms with van der Waals surface area (Å²) in [5.41, 5.74) is 7.70. The smallest absolute Gasteiger partial charge is 0.00705 e. The van der Waals surface area contributed by atoms with Crippen LogP contribution in [0.2, 0.25) is 0 Å². The van der Waals surface area contributed by atoms with Gasteiger partial charge in [0.05, 0.1) is 0 Å². The SMILES string of the molecule is C=C(CC)N/C=C/CCC(C)C1=CC(C)=C(C(=C)CCC)C(=C)C1. The number of allylic oxidation sites excluding steroid dienone is 8. The highest BCUT2D eigenvalue weighted by molar-refractivity contribution is 5.55. The van der Waals surface area contributed by atoms with Crippen LogP contribution in [0.15, 0.2) is 71.7 Å². The molecule has 1 heteroatoms. The normalized spacial score (nSPS) is 16.3. The number of hydrogen-bond donors (Lipinski definition) is 1. The van der Waals surface area contributed by atoms with Gasteiger partial charge in [0, 0.05) is 5.70 Å². The summed E-state index contributed by atoms with van der Waals surface area (Å²) < 4.78 is 0. The molecule has 24 heavy (non-hydrogen) atoms. The van der Waals surface area contributed by atoms with E-state index in [2.05, 4.69) is 64.9 Å². The molecule has 1 aliphatic carbocycles. The second-order valence-electron chi connectivity index (χ2n) is 6.89. The Bertz CT molecular complexity index is 569. The molecule has 0 aromatic carbocycles. The molecule has 0 saturated heterocycles. The summed E-state index contributed by atoms with van der Waals surface area (Å²) in [4.78, 5) is 0. The number of hydrogen-bond acceptors (Lipinski definition) is 1. The van der Waals surface area contributed by atoms with Gasteiger partial charge in [-0.1, -0.05) is 64.7 Å². The minimum Gasteiger partial charge on any atom is -0.366 e. The fourth-order valence-corrected chi connectivity index (χ4v) is 3.18. The first-order chi connectivity index (χ1) is 11.4. The predicted molar refractivity (Wildman–Crippen MR) is 109 cm³/mol. The fourth-order valence-electron chi connectivity index (χ4n) is 3.18. The highest BCUT2D eigenvalue weighted by Gasteiger charge is 2.19. The summed E-state index contributed by atoms with van der Waals surface area (Å²) in [5.74, 6) is 0.580. The second kappa shape index (κ2) is 10.2. The summed E-state index contributed by atoms with van der Waals surface area (Å²) >= 11 is 0. The monoisotopic (exact) mass is 325 g/mol. The van der Waals surface area contributed by atoms with Crippen molar-refractivity contribution in [3.63, 3.8) is 0 Å². The van der Waals surface area contributed by atoms with Crippen molar-refractivity contribution < 1.29 is 0 Å². The van der Waals surface area contributed by atoms with E-state index in [1.807, 2.05) is 6.20 Å². The molecule has 1 nitrogen and oxygen atoms in total. The number of nitrogens with one attached hydrogen (secondary N) is 1. The lowest BCUT2D eigenvalue weighted by molar-refractivity contribution is 0.604. The van der Waals surface area contributed by atoms with Crippen LogP contribution in [0.1, 0.15) is 66.2 Å². The molecule has 0 aliphatic heterocycles. The molecule has 1 atom stereocenters. The average Bonchev–Trinajstić information content (AvgIpc) is 2.53. The van der Waals surface area contributed by atoms with Gasteiger partial charge in [0.1, 0.15) is 0 Å². The van der Waals surface area contributed by atoms with Crippen molar-refractivity contribution in [2.24, 2.45) is 5.92 Å². The van der Waals surface area contributed by atoms with Gasteiger partial charge in [0.25, 0.3) is 0 Å². The third kappa shape index (κ3) is 6.03. The maximum atomic E-state index is 4.33. The van der Waals surface area contributed by atoms with Crippen molar-refractivity contribution in [2.45, 2.75) is 66.2 Å². The summed E-state index contributed by atoms with van der Waals surface area (Å²) in [7, 11) is 0. The zero-order valence-electron chi connectivity index (χ0n) is 16.2. The van der Waals surface area contributed by atoms with Crippen molar-refractivity contribution in [3.8, 4) is 0 Å². The van der Waals surface area contributed by atoms with Gasteiger partial charge in [-0.3, -0.25) is 0 Å². The Kier molecular flexibility index (Phi) is 8.60. The quantitative estimate of drug-likeness (QED) is 0.456. The average molecular weight is 326 g/mol. The third-order valence-corrected chi connectivity index (χ3v) is 4.70. The molecule has 0 aromatic rings.